The van der Waals surface area contributed by atoms with Gasteiger partial charge in [0.1, 0.15) is 6.61 Å². The number of carbonyl (C=O) groups excluding carboxylic acids is 1. The summed E-state index contributed by atoms with van der Waals surface area (Å²) in [5.74, 6) is -0.858. The fourth-order valence-electron chi connectivity index (χ4n) is 1.12. The molecule has 0 aliphatic heterocycles. The summed E-state index contributed by atoms with van der Waals surface area (Å²) in [5, 5.41) is 11.2. The Morgan fingerprint density at radius 2 is 2.06 bits per heavy atom. The van der Waals surface area contributed by atoms with Gasteiger partial charge in [0.25, 0.3) is 0 Å². The first kappa shape index (κ1) is 15.9. The molecule has 0 aromatic rings. The third-order valence-corrected chi connectivity index (χ3v) is 2.16. The predicted octanol–water partition coefficient (Wildman–Crippen LogP) is 0.266. The van der Waals surface area contributed by atoms with Crippen molar-refractivity contribution >= 4 is 11.9 Å². The first-order valence-electron chi connectivity index (χ1n) is 5.61. The molecule has 17 heavy (non-hydrogen) atoms. The van der Waals surface area contributed by atoms with Crippen LogP contribution in [0.2, 0.25) is 0 Å². The van der Waals surface area contributed by atoms with Crippen molar-refractivity contribution in [3.63, 3.8) is 0 Å². The maximum absolute atomic E-state index is 11.3. The van der Waals surface area contributed by atoms with Crippen LogP contribution in [0.25, 0.3) is 0 Å². The molecule has 0 bridgehead atoms. The highest BCUT2D eigenvalue weighted by Gasteiger charge is 2.07. The Hall–Kier alpha value is -1.14. The second-order valence-corrected chi connectivity index (χ2v) is 3.89. The summed E-state index contributed by atoms with van der Waals surface area (Å²) in [6, 6.07) is 0. The largest absolute Gasteiger partial charge is 0.481 e. The van der Waals surface area contributed by atoms with Crippen LogP contribution < -0.4 is 5.32 Å². The van der Waals surface area contributed by atoms with Crippen LogP contribution in [0.15, 0.2) is 0 Å². The Kier molecular flexibility index (Phi) is 9.37. The van der Waals surface area contributed by atoms with Gasteiger partial charge in [0.15, 0.2) is 0 Å². The average Bonchev–Trinajstić information content (AvgIpc) is 2.29. The average molecular weight is 247 g/mol. The summed E-state index contributed by atoms with van der Waals surface area (Å²) in [5.41, 5.74) is 0. The minimum Gasteiger partial charge on any atom is -0.481 e. The van der Waals surface area contributed by atoms with Crippen LogP contribution in [-0.2, 0) is 19.1 Å². The van der Waals surface area contributed by atoms with Gasteiger partial charge in [-0.1, -0.05) is 6.92 Å². The van der Waals surface area contributed by atoms with Gasteiger partial charge in [0, 0.05) is 20.1 Å². The van der Waals surface area contributed by atoms with E-state index in [0.29, 0.717) is 26.2 Å². The van der Waals surface area contributed by atoms with Gasteiger partial charge in [0.05, 0.1) is 13.2 Å². The maximum atomic E-state index is 11.3. The molecule has 0 aromatic carbocycles. The van der Waals surface area contributed by atoms with Crippen LogP contribution in [0, 0.1) is 5.92 Å². The Balaban J connectivity index is 3.45. The number of carboxylic acid groups (broad SMARTS) is 1. The minimum absolute atomic E-state index is 0.00894. The normalized spacial score (nSPS) is 12.1. The van der Waals surface area contributed by atoms with Crippen molar-refractivity contribution in [1.82, 2.24) is 5.32 Å². The molecule has 2 N–H and O–H groups in total. The Morgan fingerprint density at radius 3 is 2.65 bits per heavy atom. The van der Waals surface area contributed by atoms with Crippen molar-refractivity contribution in [2.75, 3.05) is 33.5 Å². The van der Waals surface area contributed by atoms with E-state index in [9.17, 15) is 9.59 Å². The van der Waals surface area contributed by atoms with Crippen LogP contribution in [-0.4, -0.2) is 50.5 Å². The summed E-state index contributed by atoms with van der Waals surface area (Å²) < 4.78 is 9.80. The fraction of sp³-hybridized carbons (Fsp3) is 0.818. The number of hydrogen-bond acceptors (Lipinski definition) is 4. The SMILES string of the molecule is COCCOCC(=O)NCC(C)CCC(=O)O. The summed E-state index contributed by atoms with van der Waals surface area (Å²) in [4.78, 5) is 21.6. The number of methoxy groups -OCH3 is 1. The monoisotopic (exact) mass is 247 g/mol. The van der Waals surface area contributed by atoms with Crippen molar-refractivity contribution in [2.24, 2.45) is 5.92 Å². The van der Waals surface area contributed by atoms with Gasteiger partial charge >= 0.3 is 5.97 Å². The van der Waals surface area contributed by atoms with E-state index in [-0.39, 0.29) is 24.9 Å². The van der Waals surface area contributed by atoms with Crippen LogP contribution in [0.3, 0.4) is 0 Å². The molecule has 1 amide bonds. The van der Waals surface area contributed by atoms with E-state index in [1.165, 1.54) is 0 Å². The van der Waals surface area contributed by atoms with Crippen molar-refractivity contribution in [3.8, 4) is 0 Å². The number of carbonyl (C=O) groups is 2. The summed E-state index contributed by atoms with van der Waals surface area (Å²) >= 11 is 0. The molecular weight excluding hydrogens is 226 g/mol. The van der Waals surface area contributed by atoms with Gasteiger partial charge in [-0.25, -0.2) is 0 Å². The molecule has 0 rings (SSSR count). The predicted molar refractivity (Wildman–Crippen MR) is 61.7 cm³/mol. The first-order valence-corrected chi connectivity index (χ1v) is 5.61. The second kappa shape index (κ2) is 10.0. The molecule has 0 spiro atoms. The standard InChI is InChI=1S/C11H21NO5/c1-9(3-4-11(14)15)7-12-10(13)8-17-6-5-16-2/h9H,3-8H2,1-2H3,(H,12,13)(H,14,15). The maximum Gasteiger partial charge on any atom is 0.303 e. The fourth-order valence-corrected chi connectivity index (χ4v) is 1.12. The number of hydrogen-bond donors (Lipinski definition) is 2. The summed E-state index contributed by atoms with van der Waals surface area (Å²) in [6.07, 6.45) is 0.682. The number of ether oxygens (including phenoxy) is 2. The molecule has 0 heterocycles. The van der Waals surface area contributed by atoms with E-state index in [4.69, 9.17) is 14.6 Å². The highest BCUT2D eigenvalue weighted by molar-refractivity contribution is 5.77. The van der Waals surface area contributed by atoms with Crippen LogP contribution in [0.4, 0.5) is 0 Å². The molecule has 0 aliphatic carbocycles. The lowest BCUT2D eigenvalue weighted by Crippen LogP contribution is -2.32. The van der Waals surface area contributed by atoms with Crippen molar-refractivity contribution in [1.29, 1.82) is 0 Å². The lowest BCUT2D eigenvalue weighted by Gasteiger charge is -2.11. The number of carboxylic acids is 1. The van der Waals surface area contributed by atoms with Crippen molar-refractivity contribution in [3.05, 3.63) is 0 Å². The van der Waals surface area contributed by atoms with Gasteiger partial charge in [-0.05, 0) is 12.3 Å². The molecule has 100 valence electrons. The van der Waals surface area contributed by atoms with Gasteiger partial charge in [-0.15, -0.1) is 0 Å². The first-order chi connectivity index (χ1) is 8.06. The van der Waals surface area contributed by atoms with E-state index in [1.54, 1.807) is 7.11 Å². The highest BCUT2D eigenvalue weighted by Crippen LogP contribution is 2.03. The number of aliphatic carboxylic acids is 1. The molecule has 0 aliphatic rings. The molecule has 1 unspecified atom stereocenters. The zero-order valence-corrected chi connectivity index (χ0v) is 10.4. The molecule has 0 aromatic heterocycles. The van der Waals surface area contributed by atoms with Gasteiger partial charge in [0.2, 0.25) is 5.91 Å². The second-order valence-electron chi connectivity index (χ2n) is 3.89. The summed E-state index contributed by atoms with van der Waals surface area (Å²) in [7, 11) is 1.56. The van der Waals surface area contributed by atoms with Crippen LogP contribution in [0.1, 0.15) is 19.8 Å². The molecule has 1 atom stereocenters. The van der Waals surface area contributed by atoms with E-state index >= 15 is 0 Å². The summed E-state index contributed by atoms with van der Waals surface area (Å²) in [6.45, 7) is 3.23. The Bertz CT molecular complexity index is 232. The molecule has 0 radical (unpaired) electrons. The van der Waals surface area contributed by atoms with Crippen LogP contribution >= 0.6 is 0 Å². The number of nitrogens with one attached hydrogen (secondary N) is 1. The minimum atomic E-state index is -0.814. The molecular formula is C11H21NO5. The highest BCUT2D eigenvalue weighted by atomic mass is 16.5. The third kappa shape index (κ3) is 11.1. The van der Waals surface area contributed by atoms with Gasteiger partial charge < -0.3 is 19.9 Å². The smallest absolute Gasteiger partial charge is 0.303 e. The number of amides is 1. The molecule has 6 nitrogen and oxygen atoms in total. The van der Waals surface area contributed by atoms with Crippen LogP contribution in [0.5, 0.6) is 0 Å². The molecule has 0 fully saturated rings. The molecule has 0 saturated heterocycles. The van der Waals surface area contributed by atoms with Gasteiger partial charge in [-0.3, -0.25) is 9.59 Å². The van der Waals surface area contributed by atoms with E-state index in [0.717, 1.165) is 0 Å². The van der Waals surface area contributed by atoms with E-state index < -0.39 is 5.97 Å². The zero-order chi connectivity index (χ0) is 13.1. The van der Waals surface area contributed by atoms with Crippen molar-refractivity contribution < 1.29 is 24.2 Å². The molecule has 0 saturated carbocycles. The third-order valence-electron chi connectivity index (χ3n) is 2.16. The van der Waals surface area contributed by atoms with Crippen molar-refractivity contribution in [2.45, 2.75) is 19.8 Å². The lowest BCUT2D eigenvalue weighted by atomic mass is 10.1. The van der Waals surface area contributed by atoms with E-state index in [2.05, 4.69) is 5.32 Å². The lowest BCUT2D eigenvalue weighted by molar-refractivity contribution is -0.137. The zero-order valence-electron chi connectivity index (χ0n) is 10.4. The quantitative estimate of drug-likeness (QED) is 0.541. The van der Waals surface area contributed by atoms with Gasteiger partial charge in [-0.2, -0.15) is 0 Å². The molecule has 6 heteroatoms. The van der Waals surface area contributed by atoms with E-state index in [1.807, 2.05) is 6.92 Å². The Labute approximate surface area is 101 Å². The Morgan fingerprint density at radius 1 is 1.35 bits per heavy atom. The number of rotatable bonds is 10. The topological polar surface area (TPSA) is 84.9 Å².